The van der Waals surface area contributed by atoms with Crippen LogP contribution in [0.15, 0.2) is 48.0 Å². The third-order valence-electron chi connectivity index (χ3n) is 6.69. The number of carbonyl (C=O) groups excluding carboxylic acids is 3. The van der Waals surface area contributed by atoms with Crippen molar-refractivity contribution in [2.24, 2.45) is 0 Å². The van der Waals surface area contributed by atoms with Crippen molar-refractivity contribution in [1.82, 2.24) is 9.80 Å². The molecular weight excluding hydrogens is 449 g/mol. The minimum atomic E-state index is -1.81. The van der Waals surface area contributed by atoms with E-state index in [2.05, 4.69) is 0 Å². The van der Waals surface area contributed by atoms with Crippen LogP contribution in [-0.4, -0.2) is 66.2 Å². The van der Waals surface area contributed by atoms with Crippen LogP contribution in [0.1, 0.15) is 36.5 Å². The first-order valence-electron chi connectivity index (χ1n) is 11.8. The molecule has 1 spiro atoms. The van der Waals surface area contributed by atoms with Gasteiger partial charge in [-0.25, -0.2) is 4.39 Å². The Hall–Kier alpha value is -3.52. The van der Waals surface area contributed by atoms with Gasteiger partial charge in [0.1, 0.15) is 11.6 Å². The molecule has 2 heterocycles. The summed E-state index contributed by atoms with van der Waals surface area (Å²) in [7, 11) is 3.80. The first kappa shape index (κ1) is 24.6. The summed E-state index contributed by atoms with van der Waals surface area (Å²) < 4.78 is 14.4. The average molecular weight is 480 g/mol. The van der Waals surface area contributed by atoms with Gasteiger partial charge < -0.3 is 19.8 Å². The number of para-hydroxylation sites is 1. The fourth-order valence-electron chi connectivity index (χ4n) is 5.04. The van der Waals surface area contributed by atoms with E-state index in [4.69, 9.17) is 0 Å². The van der Waals surface area contributed by atoms with Gasteiger partial charge in [-0.15, -0.1) is 0 Å². The van der Waals surface area contributed by atoms with Crippen molar-refractivity contribution < 1.29 is 23.9 Å². The Bertz CT molecular complexity index is 1240. The van der Waals surface area contributed by atoms with Crippen molar-refractivity contribution in [2.45, 2.75) is 32.2 Å². The van der Waals surface area contributed by atoms with E-state index in [0.717, 1.165) is 6.07 Å². The van der Waals surface area contributed by atoms with E-state index in [-0.39, 0.29) is 17.7 Å². The second-order valence-corrected chi connectivity index (χ2v) is 9.31. The first-order valence-corrected chi connectivity index (χ1v) is 11.8. The molecule has 1 N–H and O–H groups in total. The third kappa shape index (κ3) is 3.72. The van der Waals surface area contributed by atoms with Crippen LogP contribution in [-0.2, 0) is 19.9 Å². The number of likely N-dealkylation sites (tertiary alicyclic amines) is 1. The summed E-state index contributed by atoms with van der Waals surface area (Å²) in [6.45, 7) is 4.68. The number of benzene rings is 2. The van der Waals surface area contributed by atoms with Gasteiger partial charge in [-0.2, -0.15) is 0 Å². The normalized spacial score (nSPS) is 21.0. The molecule has 0 radical (unpaired) electrons. The highest BCUT2D eigenvalue weighted by atomic mass is 19.1. The lowest BCUT2D eigenvalue weighted by Crippen LogP contribution is -2.52. The molecular formula is C27H30FN3O4. The predicted molar refractivity (Wildman–Crippen MR) is 131 cm³/mol. The molecule has 184 valence electrons. The second kappa shape index (κ2) is 9.26. The van der Waals surface area contributed by atoms with Gasteiger partial charge in [0.15, 0.2) is 5.54 Å². The molecule has 0 saturated carbocycles. The molecule has 1 unspecified atom stereocenters. The van der Waals surface area contributed by atoms with Crippen LogP contribution in [0.5, 0.6) is 0 Å². The molecule has 4 rings (SSSR count). The molecule has 1 saturated heterocycles. The number of aliphatic hydroxyl groups is 1. The SMILES string of the molecule is CCCN1C(=O)C2(/C(=C(/O)c3ccc(C)c(F)c3)C(=O)C(=O)N2CCCN(C)C)c2ccccc21. The maximum atomic E-state index is 14.4. The van der Waals surface area contributed by atoms with Gasteiger partial charge in [-0.05, 0) is 58.1 Å². The van der Waals surface area contributed by atoms with Gasteiger partial charge in [0, 0.05) is 24.2 Å². The Morgan fingerprint density at radius 2 is 1.80 bits per heavy atom. The molecule has 0 bridgehead atoms. The lowest BCUT2D eigenvalue weighted by Gasteiger charge is -2.34. The molecule has 2 aliphatic heterocycles. The smallest absolute Gasteiger partial charge is 0.296 e. The van der Waals surface area contributed by atoms with Crippen LogP contribution in [0, 0.1) is 12.7 Å². The molecule has 2 aromatic rings. The number of amides is 2. The standard InChI is InChI=1S/C27H30FN3O4/c1-5-13-30-21-10-7-6-9-19(21)27(26(30)35)22(23(32)18-12-11-17(2)20(28)16-18)24(33)25(34)31(27)15-8-14-29(3)4/h6-7,9-12,16,32H,5,8,13-15H2,1-4H3/b23-22+. The molecule has 2 amide bonds. The minimum Gasteiger partial charge on any atom is -0.507 e. The van der Waals surface area contributed by atoms with E-state index in [0.29, 0.717) is 42.7 Å². The maximum absolute atomic E-state index is 14.4. The summed E-state index contributed by atoms with van der Waals surface area (Å²) in [4.78, 5) is 45.9. The highest BCUT2D eigenvalue weighted by molar-refractivity contribution is 6.50. The van der Waals surface area contributed by atoms with Gasteiger partial charge in [-0.1, -0.05) is 37.3 Å². The van der Waals surface area contributed by atoms with Crippen LogP contribution in [0.3, 0.4) is 0 Å². The van der Waals surface area contributed by atoms with Crippen LogP contribution >= 0.6 is 0 Å². The van der Waals surface area contributed by atoms with Crippen molar-refractivity contribution >= 4 is 29.0 Å². The fourth-order valence-corrected chi connectivity index (χ4v) is 5.04. The highest BCUT2D eigenvalue weighted by Gasteiger charge is 2.66. The summed E-state index contributed by atoms with van der Waals surface area (Å²) in [5, 5.41) is 11.4. The van der Waals surface area contributed by atoms with E-state index in [1.807, 2.05) is 25.9 Å². The summed E-state index contributed by atoms with van der Waals surface area (Å²) >= 11 is 0. The molecule has 2 aromatic carbocycles. The maximum Gasteiger partial charge on any atom is 0.296 e. The van der Waals surface area contributed by atoms with Crippen molar-refractivity contribution in [1.29, 1.82) is 0 Å². The zero-order valence-corrected chi connectivity index (χ0v) is 20.5. The van der Waals surface area contributed by atoms with Crippen LogP contribution in [0.4, 0.5) is 10.1 Å². The van der Waals surface area contributed by atoms with E-state index < -0.39 is 34.7 Å². The molecule has 0 aromatic heterocycles. The van der Waals surface area contributed by atoms with E-state index >= 15 is 0 Å². The topological polar surface area (TPSA) is 81.2 Å². The number of aryl methyl sites for hydroxylation is 1. The number of anilines is 1. The molecule has 1 atom stereocenters. The number of aliphatic hydroxyl groups excluding tert-OH is 1. The van der Waals surface area contributed by atoms with Crippen LogP contribution < -0.4 is 4.90 Å². The monoisotopic (exact) mass is 479 g/mol. The van der Waals surface area contributed by atoms with Gasteiger partial charge in [-0.3, -0.25) is 14.4 Å². The van der Waals surface area contributed by atoms with Crippen molar-refractivity contribution in [3.8, 4) is 0 Å². The lowest BCUT2D eigenvalue weighted by molar-refractivity contribution is -0.143. The first-order chi connectivity index (χ1) is 16.7. The zero-order chi connectivity index (χ0) is 25.5. The fraction of sp³-hybridized carbons (Fsp3) is 0.370. The summed E-state index contributed by atoms with van der Waals surface area (Å²) in [6, 6.07) is 11.1. The number of rotatable bonds is 7. The Morgan fingerprint density at radius 3 is 2.46 bits per heavy atom. The molecule has 7 nitrogen and oxygen atoms in total. The Morgan fingerprint density at radius 1 is 1.09 bits per heavy atom. The average Bonchev–Trinajstić information content (AvgIpc) is 3.19. The van der Waals surface area contributed by atoms with Gasteiger partial charge in [0.05, 0.1) is 11.3 Å². The van der Waals surface area contributed by atoms with Gasteiger partial charge >= 0.3 is 0 Å². The number of Topliss-reactive ketones (excluding diaryl/α,β-unsaturated/α-hetero) is 1. The number of hydrogen-bond acceptors (Lipinski definition) is 5. The molecule has 0 aliphatic carbocycles. The summed E-state index contributed by atoms with van der Waals surface area (Å²) in [6.07, 6.45) is 1.18. The van der Waals surface area contributed by atoms with Gasteiger partial charge in [0.2, 0.25) is 0 Å². The summed E-state index contributed by atoms with van der Waals surface area (Å²) in [5.41, 5.74) is -0.643. The number of halogens is 1. The van der Waals surface area contributed by atoms with E-state index in [9.17, 15) is 23.9 Å². The Kier molecular flexibility index (Phi) is 6.51. The Balaban J connectivity index is 2.01. The van der Waals surface area contributed by atoms with Crippen LogP contribution in [0.2, 0.25) is 0 Å². The second-order valence-electron chi connectivity index (χ2n) is 9.31. The van der Waals surface area contributed by atoms with Gasteiger partial charge in [0.25, 0.3) is 17.6 Å². The van der Waals surface area contributed by atoms with Crippen molar-refractivity contribution in [3.05, 3.63) is 70.5 Å². The number of ketones is 1. The molecule has 1 fully saturated rings. The number of nitrogens with zero attached hydrogens (tertiary/aromatic N) is 3. The summed E-state index contributed by atoms with van der Waals surface area (Å²) in [5.74, 6) is -3.37. The van der Waals surface area contributed by atoms with E-state index in [1.54, 1.807) is 36.1 Å². The number of fused-ring (bicyclic) bond motifs is 2. The highest BCUT2D eigenvalue weighted by Crippen LogP contribution is 2.53. The van der Waals surface area contributed by atoms with E-state index in [1.165, 1.54) is 17.0 Å². The largest absolute Gasteiger partial charge is 0.507 e. The molecule has 8 heteroatoms. The molecule has 35 heavy (non-hydrogen) atoms. The number of carbonyl (C=O) groups is 3. The predicted octanol–water partition coefficient (Wildman–Crippen LogP) is 3.42. The Labute approximate surface area is 204 Å². The number of hydrogen-bond donors (Lipinski definition) is 1. The van der Waals surface area contributed by atoms with Crippen molar-refractivity contribution in [2.75, 3.05) is 38.6 Å². The third-order valence-corrected chi connectivity index (χ3v) is 6.69. The minimum absolute atomic E-state index is 0.0398. The molecule has 2 aliphatic rings. The van der Waals surface area contributed by atoms with Crippen molar-refractivity contribution in [3.63, 3.8) is 0 Å². The van der Waals surface area contributed by atoms with Crippen LogP contribution in [0.25, 0.3) is 5.76 Å². The quantitative estimate of drug-likeness (QED) is 0.374. The lowest BCUT2D eigenvalue weighted by atomic mass is 9.81. The zero-order valence-electron chi connectivity index (χ0n) is 20.5.